The highest BCUT2D eigenvalue weighted by Crippen LogP contribution is 2.37. The molecule has 4 rings (SSSR count). The van der Waals surface area contributed by atoms with E-state index in [1.54, 1.807) is 0 Å². The molecule has 0 aliphatic carbocycles. The van der Waals surface area contributed by atoms with Crippen molar-refractivity contribution in [3.05, 3.63) is 120 Å². The lowest BCUT2D eigenvalue weighted by Gasteiger charge is -2.35. The summed E-state index contributed by atoms with van der Waals surface area (Å²) in [6.45, 7) is 0.170. The summed E-state index contributed by atoms with van der Waals surface area (Å²) >= 11 is 0. The smallest absolute Gasteiger partial charge is 0.316 e. The molecule has 1 N–H and O–H groups in total. The van der Waals surface area contributed by atoms with Gasteiger partial charge in [-0.2, -0.15) is 0 Å². The zero-order valence-corrected chi connectivity index (χ0v) is 17.7. The molecule has 4 aromatic rings. The quantitative estimate of drug-likeness (QED) is 0.361. The van der Waals surface area contributed by atoms with Gasteiger partial charge in [0, 0.05) is 5.41 Å². The third kappa shape index (κ3) is 4.88. The van der Waals surface area contributed by atoms with Crippen LogP contribution < -0.4 is 0 Å². The first-order valence-electron chi connectivity index (χ1n) is 10.1. The molecule has 0 radical (unpaired) electrons. The molecule has 0 fully saturated rings. The lowest BCUT2D eigenvalue weighted by Crippen LogP contribution is -2.36. The molecule has 4 aromatic carbocycles. The third-order valence-electron chi connectivity index (χ3n) is 5.60. The van der Waals surface area contributed by atoms with Crippen LogP contribution in [0.5, 0.6) is 0 Å². The number of hydrogen-bond donors (Lipinski definition) is 1. The van der Waals surface area contributed by atoms with Gasteiger partial charge in [0.05, 0.1) is 6.61 Å². The van der Waals surface area contributed by atoms with Gasteiger partial charge in [-0.3, -0.25) is 4.57 Å². The van der Waals surface area contributed by atoms with Gasteiger partial charge >= 0.3 is 8.25 Å². The largest absolute Gasteiger partial charge is 0.326 e. The fourth-order valence-electron chi connectivity index (χ4n) is 4.14. The van der Waals surface area contributed by atoms with E-state index < -0.39 is 13.7 Å². The number of rotatable bonds is 8. The van der Waals surface area contributed by atoms with Gasteiger partial charge in [-0.25, -0.2) is 0 Å². The second-order valence-corrected chi connectivity index (χ2v) is 8.54. The van der Waals surface area contributed by atoms with E-state index in [-0.39, 0.29) is 6.61 Å². The van der Waals surface area contributed by atoms with Crippen LogP contribution in [-0.4, -0.2) is 11.5 Å². The van der Waals surface area contributed by atoms with Crippen LogP contribution in [0.1, 0.15) is 16.7 Å². The molecular weight excluding hydrogens is 391 g/mol. The Bertz CT molecular complexity index is 1090. The van der Waals surface area contributed by atoms with Crippen LogP contribution in [0.4, 0.5) is 0 Å². The van der Waals surface area contributed by atoms with Crippen molar-refractivity contribution in [1.82, 2.24) is 0 Å². The highest BCUT2D eigenvalue weighted by atomic mass is 31.1. The summed E-state index contributed by atoms with van der Waals surface area (Å²) in [5.74, 6) is 0. The van der Waals surface area contributed by atoms with Crippen LogP contribution in [0.3, 0.4) is 0 Å². The summed E-state index contributed by atoms with van der Waals surface area (Å²) < 4.78 is 17.0. The van der Waals surface area contributed by atoms with Crippen molar-refractivity contribution in [2.24, 2.45) is 0 Å². The molecule has 0 saturated carbocycles. The first-order valence-corrected chi connectivity index (χ1v) is 11.3. The highest BCUT2D eigenvalue weighted by Gasteiger charge is 2.34. The summed E-state index contributed by atoms with van der Waals surface area (Å²) in [4.78, 5) is 9.49. The minimum atomic E-state index is -3.05. The summed E-state index contributed by atoms with van der Waals surface area (Å²) in [6, 6.07) is 35.2. The summed E-state index contributed by atoms with van der Waals surface area (Å²) in [5, 5.41) is 2.32. The van der Waals surface area contributed by atoms with E-state index in [4.69, 9.17) is 4.52 Å². The Morgan fingerprint density at radius 3 is 1.80 bits per heavy atom. The van der Waals surface area contributed by atoms with Gasteiger partial charge in [0.1, 0.15) is 0 Å². The molecule has 0 spiro atoms. The molecule has 1 atom stereocenters. The molecular formula is C26H25O3P. The normalized spacial score (nSPS) is 12.7. The Hall–Kier alpha value is -2.71. The molecule has 3 nitrogen and oxygen atoms in total. The molecule has 0 aliphatic heterocycles. The molecule has 4 heteroatoms. The van der Waals surface area contributed by atoms with Crippen molar-refractivity contribution in [3.8, 4) is 0 Å². The van der Waals surface area contributed by atoms with Crippen LogP contribution in [-0.2, 0) is 27.3 Å². The Morgan fingerprint density at radius 1 is 0.700 bits per heavy atom. The number of benzene rings is 4. The standard InChI is InChI=1S/C26H25O3P/c27-30(28)29-20-26(18-21-9-3-1-4-10-21,19-22-11-5-2-6-12-22)25-16-15-23-13-7-8-14-24(23)17-25/h1-17,30H,18-20H2,(H,27,28). The van der Waals surface area contributed by atoms with Gasteiger partial charge in [0.15, 0.2) is 0 Å². The molecule has 0 saturated heterocycles. The van der Waals surface area contributed by atoms with Gasteiger partial charge in [0.2, 0.25) is 0 Å². The van der Waals surface area contributed by atoms with Crippen molar-refractivity contribution in [2.45, 2.75) is 18.3 Å². The Kier molecular flexibility index (Phi) is 6.44. The van der Waals surface area contributed by atoms with Crippen LogP contribution in [0.15, 0.2) is 103 Å². The van der Waals surface area contributed by atoms with Crippen LogP contribution >= 0.6 is 8.25 Å². The molecule has 0 aliphatic rings. The van der Waals surface area contributed by atoms with Crippen molar-refractivity contribution >= 4 is 19.0 Å². The molecule has 30 heavy (non-hydrogen) atoms. The third-order valence-corrected chi connectivity index (χ3v) is 6.00. The zero-order valence-electron chi connectivity index (χ0n) is 16.7. The Labute approximate surface area is 177 Å². The van der Waals surface area contributed by atoms with E-state index in [2.05, 4.69) is 54.6 Å². The van der Waals surface area contributed by atoms with Gasteiger partial charge in [-0.05, 0) is 40.3 Å². The Morgan fingerprint density at radius 2 is 1.23 bits per heavy atom. The lowest BCUT2D eigenvalue weighted by atomic mass is 9.71. The van der Waals surface area contributed by atoms with E-state index in [9.17, 15) is 9.46 Å². The molecule has 0 aromatic heterocycles. The molecule has 0 amide bonds. The predicted molar refractivity (Wildman–Crippen MR) is 123 cm³/mol. The topological polar surface area (TPSA) is 46.5 Å². The van der Waals surface area contributed by atoms with Crippen molar-refractivity contribution < 1.29 is 14.0 Å². The maximum Gasteiger partial charge on any atom is 0.316 e. The number of hydrogen-bond acceptors (Lipinski definition) is 2. The predicted octanol–water partition coefficient (Wildman–Crippen LogP) is 5.96. The molecule has 0 heterocycles. The number of fused-ring (bicyclic) bond motifs is 1. The first-order chi connectivity index (χ1) is 14.6. The summed E-state index contributed by atoms with van der Waals surface area (Å²) in [7, 11) is -3.05. The van der Waals surface area contributed by atoms with Crippen LogP contribution in [0, 0.1) is 0 Å². The van der Waals surface area contributed by atoms with E-state index in [1.807, 2.05) is 48.5 Å². The summed E-state index contributed by atoms with van der Waals surface area (Å²) in [6.07, 6.45) is 1.41. The van der Waals surface area contributed by atoms with Gasteiger partial charge in [-0.1, -0.05) is 103 Å². The zero-order chi connectivity index (χ0) is 20.8. The van der Waals surface area contributed by atoms with Crippen molar-refractivity contribution in [2.75, 3.05) is 6.61 Å². The SMILES string of the molecule is O=[PH](O)OCC(Cc1ccccc1)(Cc1ccccc1)c1ccc2ccccc2c1. The second-order valence-electron chi connectivity index (χ2n) is 7.72. The van der Waals surface area contributed by atoms with Crippen LogP contribution in [0.2, 0.25) is 0 Å². The van der Waals surface area contributed by atoms with E-state index >= 15 is 0 Å². The lowest BCUT2D eigenvalue weighted by molar-refractivity contribution is 0.199. The minimum absolute atomic E-state index is 0.170. The molecule has 152 valence electrons. The second kappa shape index (κ2) is 9.40. The molecule has 1 unspecified atom stereocenters. The van der Waals surface area contributed by atoms with Gasteiger partial charge < -0.3 is 9.42 Å². The first kappa shape index (κ1) is 20.6. The average Bonchev–Trinajstić information content (AvgIpc) is 2.78. The fraction of sp³-hybridized carbons (Fsp3) is 0.154. The van der Waals surface area contributed by atoms with E-state index in [0.717, 1.165) is 10.9 Å². The van der Waals surface area contributed by atoms with E-state index in [1.165, 1.54) is 16.5 Å². The van der Waals surface area contributed by atoms with Crippen molar-refractivity contribution in [1.29, 1.82) is 0 Å². The van der Waals surface area contributed by atoms with Gasteiger partial charge in [0.25, 0.3) is 0 Å². The average molecular weight is 416 g/mol. The van der Waals surface area contributed by atoms with E-state index in [0.29, 0.717) is 12.8 Å². The maximum atomic E-state index is 11.6. The maximum absolute atomic E-state index is 11.6. The minimum Gasteiger partial charge on any atom is -0.326 e. The molecule has 0 bridgehead atoms. The Balaban J connectivity index is 1.85. The fourth-order valence-corrected chi connectivity index (χ4v) is 4.54. The monoisotopic (exact) mass is 416 g/mol. The summed E-state index contributed by atoms with van der Waals surface area (Å²) in [5.41, 5.74) is 2.97. The van der Waals surface area contributed by atoms with Gasteiger partial charge in [-0.15, -0.1) is 0 Å². The van der Waals surface area contributed by atoms with Crippen molar-refractivity contribution in [3.63, 3.8) is 0 Å². The highest BCUT2D eigenvalue weighted by molar-refractivity contribution is 7.32. The van der Waals surface area contributed by atoms with Crippen LogP contribution in [0.25, 0.3) is 10.8 Å².